The fourth-order valence-electron chi connectivity index (χ4n) is 2.20. The number of carbonyl (C=O) groups is 2. The molecule has 1 amide bonds. The van der Waals surface area contributed by atoms with E-state index in [-0.39, 0.29) is 0 Å². The van der Waals surface area contributed by atoms with Crippen LogP contribution in [0, 0.1) is 5.92 Å². The molecule has 122 valence electrons. The largest absolute Gasteiger partial charge is 0.369 e. The van der Waals surface area contributed by atoms with Gasteiger partial charge in [-0.25, -0.2) is 0 Å². The maximum absolute atomic E-state index is 12.0. The lowest BCUT2D eigenvalue weighted by Gasteiger charge is -2.13. The van der Waals surface area contributed by atoms with Crippen LogP contribution in [0.2, 0.25) is 0 Å². The summed E-state index contributed by atoms with van der Waals surface area (Å²) in [5, 5.41) is 0. The van der Waals surface area contributed by atoms with Gasteiger partial charge in [0, 0.05) is 6.42 Å². The quantitative estimate of drug-likeness (QED) is 0.552. The summed E-state index contributed by atoms with van der Waals surface area (Å²) in [5.74, 6) is -2.90. The minimum atomic E-state index is -4.25. The number of nitrogens with two attached hydrogens (primary N) is 1. The van der Waals surface area contributed by atoms with Crippen LogP contribution in [-0.2, 0) is 26.1 Å². The number of Topliss-reactive ketones (excluding diaryl/α,β-unsaturated/α-hetero) is 1. The average Bonchev–Trinajstić information content (AvgIpc) is 2.37. The maximum Gasteiger partial charge on any atom is 0.265 e. The molecule has 7 heteroatoms. The summed E-state index contributed by atoms with van der Waals surface area (Å²) < 4.78 is 30.1. The fourth-order valence-corrected chi connectivity index (χ4v) is 2.66. The fraction of sp³-hybridized carbons (Fsp3) is 0.467. The molecule has 1 unspecified atom stereocenters. The lowest BCUT2D eigenvalue weighted by atomic mass is 9.91. The van der Waals surface area contributed by atoms with Crippen molar-refractivity contribution >= 4 is 21.8 Å². The molecule has 0 heterocycles. The Labute approximate surface area is 130 Å². The van der Waals surface area contributed by atoms with E-state index in [1.54, 1.807) is 12.1 Å². The summed E-state index contributed by atoms with van der Waals surface area (Å²) in [6, 6.07) is 6.94. The number of amides is 1. The SMILES string of the molecule is CC(C)Cc1ccc(C(C(N)=O)C(=O)CCS(=O)(=O)O)cc1. The van der Waals surface area contributed by atoms with Crippen LogP contribution in [0.25, 0.3) is 0 Å². The molecule has 0 saturated carbocycles. The molecule has 0 aromatic heterocycles. The molecule has 0 bridgehead atoms. The lowest BCUT2D eigenvalue weighted by Crippen LogP contribution is -2.29. The number of carbonyl (C=O) groups excluding carboxylic acids is 2. The van der Waals surface area contributed by atoms with Crippen LogP contribution in [0.4, 0.5) is 0 Å². The van der Waals surface area contributed by atoms with E-state index in [9.17, 15) is 18.0 Å². The highest BCUT2D eigenvalue weighted by atomic mass is 32.2. The van der Waals surface area contributed by atoms with E-state index in [4.69, 9.17) is 10.3 Å². The zero-order valence-electron chi connectivity index (χ0n) is 12.7. The zero-order chi connectivity index (χ0) is 16.9. The minimum Gasteiger partial charge on any atom is -0.369 e. The molecule has 0 aliphatic rings. The van der Waals surface area contributed by atoms with Crippen molar-refractivity contribution < 1.29 is 22.6 Å². The third-order valence-corrected chi connectivity index (χ3v) is 3.89. The number of ketones is 1. The van der Waals surface area contributed by atoms with Gasteiger partial charge >= 0.3 is 0 Å². The Morgan fingerprint density at radius 2 is 1.73 bits per heavy atom. The van der Waals surface area contributed by atoms with Crippen molar-refractivity contribution in [3.8, 4) is 0 Å². The molecule has 1 rings (SSSR count). The third-order valence-electron chi connectivity index (χ3n) is 3.17. The van der Waals surface area contributed by atoms with Crippen molar-refractivity contribution in [1.29, 1.82) is 0 Å². The Balaban J connectivity index is 2.91. The number of primary amides is 1. The first-order valence-electron chi connectivity index (χ1n) is 6.96. The van der Waals surface area contributed by atoms with Crippen molar-refractivity contribution in [2.24, 2.45) is 11.7 Å². The Morgan fingerprint density at radius 1 is 1.18 bits per heavy atom. The van der Waals surface area contributed by atoms with Gasteiger partial charge in [-0.3, -0.25) is 14.1 Å². The third kappa shape index (κ3) is 5.95. The summed E-state index contributed by atoms with van der Waals surface area (Å²) in [7, 11) is -4.25. The van der Waals surface area contributed by atoms with Gasteiger partial charge < -0.3 is 5.73 Å². The average molecular weight is 327 g/mol. The van der Waals surface area contributed by atoms with Crippen molar-refractivity contribution in [2.75, 3.05) is 5.75 Å². The summed E-state index contributed by atoms with van der Waals surface area (Å²) in [6.45, 7) is 4.16. The highest BCUT2D eigenvalue weighted by Gasteiger charge is 2.27. The van der Waals surface area contributed by atoms with Gasteiger partial charge in [-0.15, -0.1) is 0 Å². The zero-order valence-corrected chi connectivity index (χ0v) is 13.5. The smallest absolute Gasteiger partial charge is 0.265 e. The van der Waals surface area contributed by atoms with E-state index in [0.29, 0.717) is 11.5 Å². The minimum absolute atomic E-state index is 0.431. The van der Waals surface area contributed by atoms with Crippen molar-refractivity contribution in [3.05, 3.63) is 35.4 Å². The monoisotopic (exact) mass is 327 g/mol. The van der Waals surface area contributed by atoms with E-state index < -0.39 is 39.9 Å². The Hall–Kier alpha value is -1.73. The molecule has 1 atom stereocenters. The first-order chi connectivity index (χ1) is 10.1. The van der Waals surface area contributed by atoms with Gasteiger partial charge in [0.1, 0.15) is 5.92 Å². The Morgan fingerprint density at radius 3 is 2.14 bits per heavy atom. The standard InChI is InChI=1S/C15H21NO5S/c1-10(2)9-11-3-5-12(6-4-11)14(15(16)18)13(17)7-8-22(19,20)21/h3-6,10,14H,7-9H2,1-2H3,(H2,16,18)(H,19,20,21). The second-order valence-electron chi connectivity index (χ2n) is 5.68. The van der Waals surface area contributed by atoms with Gasteiger partial charge in [-0.1, -0.05) is 38.1 Å². The molecule has 0 aliphatic heterocycles. The highest BCUT2D eigenvalue weighted by Crippen LogP contribution is 2.20. The topological polar surface area (TPSA) is 115 Å². The predicted molar refractivity (Wildman–Crippen MR) is 83.0 cm³/mol. The van der Waals surface area contributed by atoms with Gasteiger partial charge in [-0.05, 0) is 23.5 Å². The Kier molecular flexibility index (Phi) is 6.25. The van der Waals surface area contributed by atoms with E-state index in [1.807, 2.05) is 12.1 Å². The molecule has 0 radical (unpaired) electrons. The van der Waals surface area contributed by atoms with Gasteiger partial charge in [-0.2, -0.15) is 8.42 Å². The summed E-state index contributed by atoms with van der Waals surface area (Å²) in [5.41, 5.74) is 6.76. The van der Waals surface area contributed by atoms with Crippen LogP contribution in [0.5, 0.6) is 0 Å². The summed E-state index contributed by atoms with van der Waals surface area (Å²) in [4.78, 5) is 23.5. The van der Waals surface area contributed by atoms with Gasteiger partial charge in [0.25, 0.3) is 10.1 Å². The first kappa shape index (κ1) is 18.3. The first-order valence-corrected chi connectivity index (χ1v) is 8.57. The molecule has 1 aromatic rings. The molecule has 0 fully saturated rings. The van der Waals surface area contributed by atoms with Gasteiger partial charge in [0.2, 0.25) is 5.91 Å². The maximum atomic E-state index is 12.0. The summed E-state index contributed by atoms with van der Waals surface area (Å²) >= 11 is 0. The van der Waals surface area contributed by atoms with E-state index in [2.05, 4.69) is 13.8 Å². The highest BCUT2D eigenvalue weighted by molar-refractivity contribution is 7.85. The van der Waals surface area contributed by atoms with Gasteiger partial charge in [0.05, 0.1) is 5.75 Å². The van der Waals surface area contributed by atoms with E-state index in [1.165, 1.54) is 0 Å². The number of benzene rings is 1. The molecule has 0 aliphatic carbocycles. The molecule has 0 saturated heterocycles. The van der Waals surface area contributed by atoms with Crippen LogP contribution in [0.1, 0.15) is 37.3 Å². The van der Waals surface area contributed by atoms with Crippen LogP contribution in [-0.4, -0.2) is 30.4 Å². The second-order valence-corrected chi connectivity index (χ2v) is 7.25. The molecule has 22 heavy (non-hydrogen) atoms. The van der Waals surface area contributed by atoms with E-state index in [0.717, 1.165) is 12.0 Å². The van der Waals surface area contributed by atoms with Crippen LogP contribution >= 0.6 is 0 Å². The molecular weight excluding hydrogens is 306 g/mol. The molecule has 1 aromatic carbocycles. The predicted octanol–water partition coefficient (Wildman–Crippen LogP) is 1.30. The van der Waals surface area contributed by atoms with Crippen molar-refractivity contribution in [2.45, 2.75) is 32.6 Å². The lowest BCUT2D eigenvalue weighted by molar-refractivity contribution is -0.128. The number of rotatable bonds is 8. The molecule has 3 N–H and O–H groups in total. The second kappa shape index (κ2) is 7.51. The normalized spacial score (nSPS) is 13.1. The molecule has 6 nitrogen and oxygen atoms in total. The van der Waals surface area contributed by atoms with Crippen LogP contribution in [0.3, 0.4) is 0 Å². The molecular formula is C15H21NO5S. The number of hydrogen-bond acceptors (Lipinski definition) is 4. The number of hydrogen-bond donors (Lipinski definition) is 2. The van der Waals surface area contributed by atoms with Crippen LogP contribution in [0.15, 0.2) is 24.3 Å². The van der Waals surface area contributed by atoms with Crippen molar-refractivity contribution in [1.82, 2.24) is 0 Å². The Bertz CT molecular complexity index is 634. The van der Waals surface area contributed by atoms with Crippen molar-refractivity contribution in [3.63, 3.8) is 0 Å². The van der Waals surface area contributed by atoms with Gasteiger partial charge in [0.15, 0.2) is 5.78 Å². The summed E-state index contributed by atoms with van der Waals surface area (Å²) in [6.07, 6.45) is 0.415. The van der Waals surface area contributed by atoms with Crippen LogP contribution < -0.4 is 5.73 Å². The van der Waals surface area contributed by atoms with E-state index >= 15 is 0 Å². The molecule has 0 spiro atoms.